The lowest BCUT2D eigenvalue weighted by atomic mass is 10.2. The van der Waals surface area contributed by atoms with Crippen molar-refractivity contribution in [3.05, 3.63) is 36.1 Å². The summed E-state index contributed by atoms with van der Waals surface area (Å²) in [5.41, 5.74) is 1.19. The van der Waals surface area contributed by atoms with E-state index in [0.29, 0.717) is 0 Å². The van der Waals surface area contributed by atoms with Gasteiger partial charge in [-0.2, -0.15) is 0 Å². The molecule has 0 aromatic rings. The third-order valence-electron chi connectivity index (χ3n) is 1.52. The van der Waals surface area contributed by atoms with Gasteiger partial charge in [-0.25, -0.2) is 0 Å². The lowest BCUT2D eigenvalue weighted by Crippen LogP contribution is -1.83. The van der Waals surface area contributed by atoms with Gasteiger partial charge >= 0.3 is 0 Å². The highest BCUT2D eigenvalue weighted by Crippen LogP contribution is 2.07. The van der Waals surface area contributed by atoms with Gasteiger partial charge in [-0.3, -0.25) is 0 Å². The van der Waals surface area contributed by atoms with E-state index in [4.69, 9.17) is 4.74 Å². The van der Waals surface area contributed by atoms with Crippen LogP contribution in [0, 0.1) is 0 Å². The van der Waals surface area contributed by atoms with Gasteiger partial charge in [0.15, 0.2) is 0 Å². The first kappa shape index (κ1) is 10.0. The Morgan fingerprint density at radius 3 is 2.45 bits per heavy atom. The summed E-state index contributed by atoms with van der Waals surface area (Å²) < 4.78 is 5.07. The molecule has 0 aromatic heterocycles. The van der Waals surface area contributed by atoms with Crippen molar-refractivity contribution in [2.45, 2.75) is 20.3 Å². The SMILES string of the molecule is C=C/C(=C\C(=C/C)OC)CC. The first-order valence-corrected chi connectivity index (χ1v) is 3.81. The first-order valence-electron chi connectivity index (χ1n) is 3.81. The van der Waals surface area contributed by atoms with Crippen molar-refractivity contribution in [1.29, 1.82) is 0 Å². The van der Waals surface area contributed by atoms with Crippen molar-refractivity contribution in [3.63, 3.8) is 0 Å². The second-order valence-corrected chi connectivity index (χ2v) is 2.17. The van der Waals surface area contributed by atoms with Crippen LogP contribution in [0.2, 0.25) is 0 Å². The number of rotatable bonds is 4. The highest BCUT2D eigenvalue weighted by atomic mass is 16.5. The molecule has 0 heterocycles. The molecule has 0 radical (unpaired) electrons. The molecule has 0 rings (SSSR count). The zero-order chi connectivity index (χ0) is 8.69. The second-order valence-electron chi connectivity index (χ2n) is 2.17. The maximum Gasteiger partial charge on any atom is 0.114 e. The van der Waals surface area contributed by atoms with E-state index in [-0.39, 0.29) is 0 Å². The lowest BCUT2D eigenvalue weighted by Gasteiger charge is -2.00. The van der Waals surface area contributed by atoms with Gasteiger partial charge in [0.1, 0.15) is 5.76 Å². The smallest absolute Gasteiger partial charge is 0.114 e. The molecule has 0 amide bonds. The molecule has 0 aromatic carbocycles. The van der Waals surface area contributed by atoms with E-state index >= 15 is 0 Å². The van der Waals surface area contributed by atoms with Crippen LogP contribution < -0.4 is 0 Å². The van der Waals surface area contributed by atoms with Crippen LogP contribution in [0.15, 0.2) is 36.1 Å². The molecule has 0 fully saturated rings. The van der Waals surface area contributed by atoms with Crippen molar-refractivity contribution >= 4 is 0 Å². The highest BCUT2D eigenvalue weighted by molar-refractivity contribution is 5.25. The molecular weight excluding hydrogens is 136 g/mol. The first-order chi connectivity index (χ1) is 5.28. The molecule has 0 unspecified atom stereocenters. The number of hydrogen-bond donors (Lipinski definition) is 0. The Morgan fingerprint density at radius 2 is 2.18 bits per heavy atom. The molecule has 0 N–H and O–H groups in total. The van der Waals surface area contributed by atoms with Gasteiger partial charge in [-0.05, 0) is 31.1 Å². The maximum absolute atomic E-state index is 5.07. The van der Waals surface area contributed by atoms with Crippen LogP contribution in [-0.2, 0) is 4.74 Å². The molecular formula is C10H16O. The van der Waals surface area contributed by atoms with E-state index in [1.807, 2.05) is 25.2 Å². The number of ether oxygens (including phenoxy) is 1. The van der Waals surface area contributed by atoms with Gasteiger partial charge in [-0.1, -0.05) is 19.6 Å². The fourth-order valence-corrected chi connectivity index (χ4v) is 0.748. The minimum atomic E-state index is 0.891. The Kier molecular flexibility index (Phi) is 5.26. The molecule has 62 valence electrons. The van der Waals surface area contributed by atoms with Crippen LogP contribution in [0.3, 0.4) is 0 Å². The Hall–Kier alpha value is -0.980. The summed E-state index contributed by atoms with van der Waals surface area (Å²) in [4.78, 5) is 0. The Balaban J connectivity index is 4.35. The van der Waals surface area contributed by atoms with Gasteiger partial charge in [0.25, 0.3) is 0 Å². The van der Waals surface area contributed by atoms with Gasteiger partial charge in [0.2, 0.25) is 0 Å². The van der Waals surface area contributed by atoms with E-state index in [1.165, 1.54) is 5.57 Å². The fraction of sp³-hybridized carbons (Fsp3) is 0.400. The van der Waals surface area contributed by atoms with E-state index in [9.17, 15) is 0 Å². The summed E-state index contributed by atoms with van der Waals surface area (Å²) in [7, 11) is 1.67. The Bertz CT molecular complexity index is 175. The minimum absolute atomic E-state index is 0.891. The third-order valence-corrected chi connectivity index (χ3v) is 1.52. The second kappa shape index (κ2) is 5.78. The van der Waals surface area contributed by atoms with Crippen molar-refractivity contribution < 1.29 is 4.74 Å². The molecule has 11 heavy (non-hydrogen) atoms. The van der Waals surface area contributed by atoms with Crippen LogP contribution in [0.5, 0.6) is 0 Å². The van der Waals surface area contributed by atoms with Crippen LogP contribution in [0.25, 0.3) is 0 Å². The maximum atomic E-state index is 5.07. The molecule has 0 spiro atoms. The summed E-state index contributed by atoms with van der Waals surface area (Å²) in [6, 6.07) is 0. The molecule has 0 aliphatic rings. The van der Waals surface area contributed by atoms with E-state index < -0.39 is 0 Å². The Morgan fingerprint density at radius 1 is 1.55 bits per heavy atom. The molecule has 0 bridgehead atoms. The van der Waals surface area contributed by atoms with E-state index in [2.05, 4.69) is 13.5 Å². The summed E-state index contributed by atoms with van der Waals surface area (Å²) in [6.07, 6.45) is 6.76. The normalized spacial score (nSPS) is 13.0. The minimum Gasteiger partial charge on any atom is -0.497 e. The number of hydrogen-bond acceptors (Lipinski definition) is 1. The van der Waals surface area contributed by atoms with E-state index in [1.54, 1.807) is 7.11 Å². The molecule has 0 saturated heterocycles. The molecule has 1 nitrogen and oxygen atoms in total. The highest BCUT2D eigenvalue weighted by Gasteiger charge is 1.90. The quantitative estimate of drug-likeness (QED) is 0.444. The Labute approximate surface area is 69.1 Å². The number of methoxy groups -OCH3 is 1. The van der Waals surface area contributed by atoms with Crippen molar-refractivity contribution in [2.75, 3.05) is 7.11 Å². The van der Waals surface area contributed by atoms with Crippen LogP contribution in [0.4, 0.5) is 0 Å². The monoisotopic (exact) mass is 152 g/mol. The average molecular weight is 152 g/mol. The predicted molar refractivity (Wildman–Crippen MR) is 49.3 cm³/mol. The topological polar surface area (TPSA) is 9.23 Å². The van der Waals surface area contributed by atoms with Crippen LogP contribution >= 0.6 is 0 Å². The lowest BCUT2D eigenvalue weighted by molar-refractivity contribution is 0.305. The van der Waals surface area contributed by atoms with Crippen LogP contribution in [0.1, 0.15) is 20.3 Å². The summed E-state index contributed by atoms with van der Waals surface area (Å²) in [6.45, 7) is 7.75. The zero-order valence-corrected chi connectivity index (χ0v) is 7.55. The van der Waals surface area contributed by atoms with E-state index in [0.717, 1.165) is 12.2 Å². The molecule has 0 atom stereocenters. The molecule has 0 saturated carbocycles. The van der Waals surface area contributed by atoms with Gasteiger partial charge in [0.05, 0.1) is 7.11 Å². The largest absolute Gasteiger partial charge is 0.497 e. The van der Waals surface area contributed by atoms with Crippen molar-refractivity contribution in [3.8, 4) is 0 Å². The molecule has 0 aliphatic heterocycles. The fourth-order valence-electron chi connectivity index (χ4n) is 0.748. The standard InChI is InChI=1S/C10H16O/c1-5-9(6-2)8-10(7-3)11-4/h5,7-8H,1,6H2,2-4H3/b9-8+,10-7+. The van der Waals surface area contributed by atoms with Gasteiger partial charge in [-0.15, -0.1) is 0 Å². The molecule has 0 aliphatic carbocycles. The predicted octanol–water partition coefficient (Wildman–Crippen LogP) is 3.06. The van der Waals surface area contributed by atoms with Crippen LogP contribution in [-0.4, -0.2) is 7.11 Å². The number of allylic oxidation sites excluding steroid dienone is 4. The summed E-state index contributed by atoms with van der Waals surface area (Å²) in [5, 5.41) is 0. The zero-order valence-electron chi connectivity index (χ0n) is 7.55. The summed E-state index contributed by atoms with van der Waals surface area (Å²) >= 11 is 0. The molecule has 1 heteroatoms. The third kappa shape index (κ3) is 3.66. The van der Waals surface area contributed by atoms with Crippen molar-refractivity contribution in [2.24, 2.45) is 0 Å². The summed E-state index contributed by atoms with van der Waals surface area (Å²) in [5.74, 6) is 0.891. The van der Waals surface area contributed by atoms with Crippen molar-refractivity contribution in [1.82, 2.24) is 0 Å². The average Bonchev–Trinajstić information content (AvgIpc) is 2.07. The van der Waals surface area contributed by atoms with Gasteiger partial charge < -0.3 is 4.74 Å². The van der Waals surface area contributed by atoms with Gasteiger partial charge in [0, 0.05) is 0 Å².